The van der Waals surface area contributed by atoms with Crippen molar-refractivity contribution in [1.82, 2.24) is 14.5 Å². The standard InChI is InChI=1S/C49H39N3O/c1-25-21-22-49(6)42-27(3)43-41(26(2)40(25)42)34-23-33-28-13-7-9-18-35(28)48(4,5)36(33)24-39(34)52(43)38-20-12-16-30-29-15-11-17-32(44(29)53-45(30)38)47-50-37-19-10-8-14-31(37)46(49)51-47/h7-27H,1-6H3. The second kappa shape index (κ2) is 9.62. The maximum absolute atomic E-state index is 7.15. The van der Waals surface area contributed by atoms with Gasteiger partial charge in [-0.1, -0.05) is 119 Å². The van der Waals surface area contributed by atoms with Gasteiger partial charge in [0.1, 0.15) is 5.58 Å². The van der Waals surface area contributed by atoms with Gasteiger partial charge in [-0.15, -0.1) is 0 Å². The van der Waals surface area contributed by atoms with Gasteiger partial charge in [-0.2, -0.15) is 0 Å². The van der Waals surface area contributed by atoms with Gasteiger partial charge in [0.05, 0.1) is 33.4 Å². The van der Waals surface area contributed by atoms with E-state index in [2.05, 4.69) is 155 Å². The van der Waals surface area contributed by atoms with Gasteiger partial charge in [0.25, 0.3) is 0 Å². The van der Waals surface area contributed by atoms with E-state index in [1.54, 1.807) is 0 Å². The number of allylic oxidation sites excluding steroid dienone is 4. The molecule has 0 saturated carbocycles. The highest BCUT2D eigenvalue weighted by Gasteiger charge is 2.48. The summed E-state index contributed by atoms with van der Waals surface area (Å²) in [5, 5.41) is 4.63. The molecule has 53 heavy (non-hydrogen) atoms. The smallest absolute Gasteiger partial charge is 0.163 e. The molecule has 4 aliphatic rings. The van der Waals surface area contributed by atoms with E-state index in [0.29, 0.717) is 11.7 Å². The number of nitrogens with zero attached hydrogens (tertiary/aromatic N) is 3. The summed E-state index contributed by atoms with van der Waals surface area (Å²) in [6.45, 7) is 14.5. The number of rotatable bonds is 0. The molecule has 8 aromatic rings. The number of hydrogen-bond acceptors (Lipinski definition) is 3. The van der Waals surface area contributed by atoms with E-state index in [0.717, 1.165) is 49.8 Å². The first-order valence-electron chi connectivity index (χ1n) is 19.2. The Kier molecular flexibility index (Phi) is 5.41. The zero-order valence-corrected chi connectivity index (χ0v) is 30.9. The zero-order valence-electron chi connectivity index (χ0n) is 30.9. The van der Waals surface area contributed by atoms with E-state index in [-0.39, 0.29) is 17.3 Å². The van der Waals surface area contributed by atoms with Crippen LogP contribution < -0.4 is 0 Å². The van der Waals surface area contributed by atoms with Crippen molar-refractivity contribution in [2.24, 2.45) is 5.92 Å². The molecule has 0 saturated heterocycles. The molecule has 5 aromatic carbocycles. The average Bonchev–Trinajstić information content (AvgIpc) is 3.79. The van der Waals surface area contributed by atoms with Gasteiger partial charge in [0.2, 0.25) is 0 Å². The van der Waals surface area contributed by atoms with Gasteiger partial charge in [-0.25, -0.2) is 9.97 Å². The molecule has 3 aliphatic carbocycles. The number of benzene rings is 5. The molecule has 4 atom stereocenters. The molecule has 4 unspecified atom stereocenters. The van der Waals surface area contributed by atoms with Crippen molar-refractivity contribution in [3.63, 3.8) is 0 Å². The largest absolute Gasteiger partial charge is 0.453 e. The van der Waals surface area contributed by atoms with Crippen LogP contribution in [0.3, 0.4) is 0 Å². The Hall–Kier alpha value is -5.74. The van der Waals surface area contributed by atoms with Gasteiger partial charge >= 0.3 is 0 Å². The van der Waals surface area contributed by atoms with E-state index < -0.39 is 5.41 Å². The fourth-order valence-corrected chi connectivity index (χ4v) is 11.3. The first-order valence-corrected chi connectivity index (χ1v) is 19.2. The number of fused-ring (bicyclic) bond motifs is 14. The van der Waals surface area contributed by atoms with Crippen LogP contribution in [0.2, 0.25) is 0 Å². The van der Waals surface area contributed by atoms with Crippen molar-refractivity contribution < 1.29 is 4.42 Å². The molecule has 0 N–H and O–H groups in total. The van der Waals surface area contributed by atoms with Gasteiger partial charge < -0.3 is 8.98 Å². The lowest BCUT2D eigenvalue weighted by atomic mass is 9.59. The maximum Gasteiger partial charge on any atom is 0.163 e. The topological polar surface area (TPSA) is 43.9 Å². The molecule has 0 amide bonds. The third-order valence-electron chi connectivity index (χ3n) is 13.7. The normalized spacial score (nSPS) is 23.2. The first kappa shape index (κ1) is 29.8. The highest BCUT2D eigenvalue weighted by molar-refractivity contribution is 6.12. The van der Waals surface area contributed by atoms with Gasteiger partial charge in [0.15, 0.2) is 11.4 Å². The van der Waals surface area contributed by atoms with E-state index in [4.69, 9.17) is 14.4 Å². The molecular formula is C49H39N3O. The molecule has 0 fully saturated rings. The Bertz CT molecular complexity index is 3060. The third-order valence-corrected chi connectivity index (χ3v) is 13.7. The summed E-state index contributed by atoms with van der Waals surface area (Å²) >= 11 is 0. The highest BCUT2D eigenvalue weighted by Crippen LogP contribution is 2.60. The monoisotopic (exact) mass is 685 g/mol. The summed E-state index contributed by atoms with van der Waals surface area (Å²) in [7, 11) is 0. The van der Waals surface area contributed by atoms with E-state index >= 15 is 0 Å². The minimum absolute atomic E-state index is 0.0982. The minimum Gasteiger partial charge on any atom is -0.453 e. The molecule has 3 aromatic heterocycles. The molecule has 256 valence electrons. The quantitative estimate of drug-likeness (QED) is 0.149. The van der Waals surface area contributed by atoms with Crippen molar-refractivity contribution in [3.8, 4) is 28.2 Å². The number of para-hydroxylation sites is 3. The molecule has 0 radical (unpaired) electrons. The van der Waals surface area contributed by atoms with Crippen LogP contribution in [0.1, 0.15) is 81.5 Å². The lowest BCUT2D eigenvalue weighted by molar-refractivity contribution is 0.526. The van der Waals surface area contributed by atoms with Crippen molar-refractivity contribution in [1.29, 1.82) is 0 Å². The first-order chi connectivity index (χ1) is 25.7. The fourth-order valence-electron chi connectivity index (χ4n) is 11.3. The molecule has 6 bridgehead atoms. The van der Waals surface area contributed by atoms with Crippen LogP contribution in [0.5, 0.6) is 0 Å². The van der Waals surface area contributed by atoms with Crippen LogP contribution in [0.4, 0.5) is 0 Å². The van der Waals surface area contributed by atoms with Crippen LogP contribution >= 0.6 is 0 Å². The van der Waals surface area contributed by atoms with Crippen molar-refractivity contribution in [2.45, 2.75) is 64.2 Å². The van der Waals surface area contributed by atoms with Crippen molar-refractivity contribution in [2.75, 3.05) is 0 Å². The van der Waals surface area contributed by atoms with Crippen LogP contribution in [0.15, 0.2) is 125 Å². The third kappa shape index (κ3) is 3.44. The fraction of sp³-hybridized carbons (Fsp3) is 0.224. The number of aromatic nitrogens is 3. The van der Waals surface area contributed by atoms with Crippen LogP contribution in [0, 0.1) is 5.92 Å². The number of furan rings is 1. The predicted molar refractivity (Wildman–Crippen MR) is 216 cm³/mol. The highest BCUT2D eigenvalue weighted by atomic mass is 16.3. The minimum atomic E-state index is -0.462. The summed E-state index contributed by atoms with van der Waals surface area (Å²) in [5.41, 5.74) is 17.7. The lowest BCUT2D eigenvalue weighted by Crippen LogP contribution is -2.36. The second-order valence-corrected chi connectivity index (χ2v) is 16.7. The van der Waals surface area contributed by atoms with Crippen molar-refractivity contribution >= 4 is 43.7 Å². The SMILES string of the molecule is CC1C=CC2(C)C3=C1C(C)c1c(n(c4cc5c(cc14)-c1ccccc1C5(C)C)-c1cccc4c1oc1c(cccc14)-c1nc2c2ccccc2n1)C3C. The summed E-state index contributed by atoms with van der Waals surface area (Å²) in [6, 6.07) is 35.7. The molecule has 1 aliphatic heterocycles. The molecule has 4 heteroatoms. The average molecular weight is 686 g/mol. The zero-order chi connectivity index (χ0) is 35.7. The second-order valence-electron chi connectivity index (χ2n) is 16.7. The Labute approximate surface area is 308 Å². The Balaban J connectivity index is 1.31. The molecule has 0 spiro atoms. The maximum atomic E-state index is 7.15. The van der Waals surface area contributed by atoms with E-state index in [1.165, 1.54) is 55.6 Å². The summed E-state index contributed by atoms with van der Waals surface area (Å²) in [6.07, 6.45) is 4.90. The Morgan fingerprint density at radius 3 is 2.26 bits per heavy atom. The van der Waals surface area contributed by atoms with Gasteiger partial charge in [-0.05, 0) is 76.6 Å². The summed E-state index contributed by atoms with van der Waals surface area (Å²) in [4.78, 5) is 10.8. The van der Waals surface area contributed by atoms with Gasteiger partial charge in [-0.3, -0.25) is 0 Å². The number of hydrogen-bond donors (Lipinski definition) is 0. The van der Waals surface area contributed by atoms with E-state index in [1.807, 2.05) is 0 Å². The summed E-state index contributed by atoms with van der Waals surface area (Å²) < 4.78 is 9.74. The van der Waals surface area contributed by atoms with Crippen molar-refractivity contribution in [3.05, 3.63) is 148 Å². The van der Waals surface area contributed by atoms with Crippen LogP contribution in [-0.2, 0) is 10.8 Å². The Morgan fingerprint density at radius 1 is 0.660 bits per heavy atom. The van der Waals surface area contributed by atoms with E-state index in [9.17, 15) is 0 Å². The molecule has 12 rings (SSSR count). The molecule has 4 nitrogen and oxygen atoms in total. The van der Waals surface area contributed by atoms with Gasteiger partial charge in [0, 0.05) is 44.5 Å². The Morgan fingerprint density at radius 2 is 1.40 bits per heavy atom. The van der Waals surface area contributed by atoms with Crippen LogP contribution in [0.25, 0.3) is 71.9 Å². The predicted octanol–water partition coefficient (Wildman–Crippen LogP) is 12.4. The lowest BCUT2D eigenvalue weighted by Gasteiger charge is -2.45. The molecular weight excluding hydrogens is 647 g/mol. The van der Waals surface area contributed by atoms with Crippen LogP contribution in [-0.4, -0.2) is 14.5 Å². The molecule has 4 heterocycles. The summed E-state index contributed by atoms with van der Waals surface area (Å²) in [5.74, 6) is 1.29.